The summed E-state index contributed by atoms with van der Waals surface area (Å²) in [6.07, 6.45) is 7.28. The third-order valence-corrected chi connectivity index (χ3v) is 5.57. The zero-order valence-electron chi connectivity index (χ0n) is 14.7. The number of piperazine rings is 1. The van der Waals surface area contributed by atoms with Gasteiger partial charge in [0.25, 0.3) is 0 Å². The first-order chi connectivity index (χ1) is 10.1. The molecule has 0 aromatic rings. The summed E-state index contributed by atoms with van der Waals surface area (Å²) in [6.45, 7) is 13.4. The maximum atomic E-state index is 5.48. The highest BCUT2D eigenvalue weighted by atomic mass is 16.5. The number of ether oxygens (including phenoxy) is 1. The minimum absolute atomic E-state index is 0.542. The van der Waals surface area contributed by atoms with Gasteiger partial charge in [0.05, 0.1) is 6.10 Å². The van der Waals surface area contributed by atoms with Gasteiger partial charge in [-0.25, -0.2) is 0 Å². The molecule has 0 radical (unpaired) electrons. The van der Waals surface area contributed by atoms with Crippen molar-refractivity contribution in [3.05, 3.63) is 0 Å². The molecule has 0 aromatic heterocycles. The maximum absolute atomic E-state index is 5.48. The van der Waals surface area contributed by atoms with Gasteiger partial charge < -0.3 is 9.64 Å². The van der Waals surface area contributed by atoms with Crippen LogP contribution < -0.4 is 0 Å². The fraction of sp³-hybridized carbons (Fsp3) is 1.00. The van der Waals surface area contributed by atoms with E-state index in [0.29, 0.717) is 12.1 Å². The van der Waals surface area contributed by atoms with Gasteiger partial charge in [0, 0.05) is 45.9 Å². The van der Waals surface area contributed by atoms with E-state index in [1.807, 2.05) is 7.11 Å². The summed E-state index contributed by atoms with van der Waals surface area (Å²) >= 11 is 0. The predicted molar refractivity (Wildman–Crippen MR) is 89.7 cm³/mol. The molecule has 0 amide bonds. The second kappa shape index (κ2) is 8.50. The van der Waals surface area contributed by atoms with Crippen molar-refractivity contribution in [3.63, 3.8) is 0 Å². The van der Waals surface area contributed by atoms with Gasteiger partial charge in [0.2, 0.25) is 0 Å². The molecule has 1 atom stereocenters. The molecule has 0 N–H and O–H groups in total. The van der Waals surface area contributed by atoms with Crippen LogP contribution in [0, 0.1) is 11.8 Å². The van der Waals surface area contributed by atoms with Crippen LogP contribution in [0.1, 0.15) is 52.9 Å². The Morgan fingerprint density at radius 1 is 0.952 bits per heavy atom. The molecule has 21 heavy (non-hydrogen) atoms. The predicted octanol–water partition coefficient (Wildman–Crippen LogP) is 3.24. The monoisotopic (exact) mass is 296 g/mol. The molecule has 0 spiro atoms. The molecule has 1 heterocycles. The van der Waals surface area contributed by atoms with Crippen molar-refractivity contribution >= 4 is 0 Å². The number of nitrogens with zero attached hydrogens (tertiary/aromatic N) is 2. The zero-order valence-corrected chi connectivity index (χ0v) is 14.7. The molecule has 3 heteroatoms. The van der Waals surface area contributed by atoms with Crippen molar-refractivity contribution in [2.24, 2.45) is 11.8 Å². The third kappa shape index (κ3) is 5.54. The molecular weight excluding hydrogens is 260 g/mol. The first-order valence-electron chi connectivity index (χ1n) is 9.07. The second-order valence-electron chi connectivity index (χ2n) is 7.65. The summed E-state index contributed by atoms with van der Waals surface area (Å²) in [5.74, 6) is 1.79. The van der Waals surface area contributed by atoms with E-state index in [2.05, 4.69) is 30.6 Å². The van der Waals surface area contributed by atoms with E-state index in [1.54, 1.807) is 0 Å². The Balaban J connectivity index is 1.63. The highest BCUT2D eigenvalue weighted by Crippen LogP contribution is 2.30. The van der Waals surface area contributed by atoms with Crippen molar-refractivity contribution in [3.8, 4) is 0 Å². The fourth-order valence-electron chi connectivity index (χ4n) is 4.15. The van der Waals surface area contributed by atoms with Crippen LogP contribution in [0.25, 0.3) is 0 Å². The van der Waals surface area contributed by atoms with Crippen LogP contribution in [0.2, 0.25) is 0 Å². The third-order valence-electron chi connectivity index (χ3n) is 5.57. The van der Waals surface area contributed by atoms with Crippen molar-refractivity contribution in [2.75, 3.05) is 39.8 Å². The van der Waals surface area contributed by atoms with Crippen molar-refractivity contribution in [1.82, 2.24) is 9.80 Å². The summed E-state index contributed by atoms with van der Waals surface area (Å²) in [5, 5.41) is 0. The van der Waals surface area contributed by atoms with Crippen LogP contribution in [0.5, 0.6) is 0 Å². The maximum Gasteiger partial charge on any atom is 0.0571 e. The van der Waals surface area contributed by atoms with Gasteiger partial charge in [-0.3, -0.25) is 4.90 Å². The van der Waals surface area contributed by atoms with Crippen LogP contribution in [0.3, 0.4) is 0 Å². The normalized spacial score (nSPS) is 30.7. The molecule has 3 nitrogen and oxygen atoms in total. The molecule has 2 aliphatic rings. The van der Waals surface area contributed by atoms with E-state index < -0.39 is 0 Å². The number of methoxy groups -OCH3 is 1. The van der Waals surface area contributed by atoms with E-state index in [0.717, 1.165) is 11.8 Å². The van der Waals surface area contributed by atoms with Crippen LogP contribution in [-0.2, 0) is 4.74 Å². The highest BCUT2D eigenvalue weighted by Gasteiger charge is 2.24. The summed E-state index contributed by atoms with van der Waals surface area (Å²) in [6, 6.07) is 0.709. The molecule has 1 aliphatic carbocycles. The fourth-order valence-corrected chi connectivity index (χ4v) is 4.15. The average molecular weight is 296 g/mol. The molecule has 0 unspecified atom stereocenters. The van der Waals surface area contributed by atoms with Crippen molar-refractivity contribution < 1.29 is 4.74 Å². The lowest BCUT2D eigenvalue weighted by molar-refractivity contribution is 0.0500. The molecule has 1 aliphatic heterocycles. The molecule has 2 rings (SSSR count). The van der Waals surface area contributed by atoms with E-state index in [9.17, 15) is 0 Å². The van der Waals surface area contributed by atoms with E-state index in [1.165, 1.54) is 64.8 Å². The lowest BCUT2D eigenvalue weighted by Gasteiger charge is -2.38. The lowest BCUT2D eigenvalue weighted by Crippen LogP contribution is -2.49. The molecule has 1 saturated heterocycles. The lowest BCUT2D eigenvalue weighted by atomic mass is 9.82. The smallest absolute Gasteiger partial charge is 0.0571 e. The van der Waals surface area contributed by atoms with Crippen molar-refractivity contribution in [2.45, 2.75) is 65.0 Å². The van der Waals surface area contributed by atoms with Crippen LogP contribution >= 0.6 is 0 Å². The van der Waals surface area contributed by atoms with Crippen molar-refractivity contribution in [1.29, 1.82) is 0 Å². The van der Waals surface area contributed by atoms with Crippen LogP contribution in [-0.4, -0.2) is 61.8 Å². The quantitative estimate of drug-likeness (QED) is 0.748. The van der Waals surface area contributed by atoms with Gasteiger partial charge in [-0.15, -0.1) is 0 Å². The summed E-state index contributed by atoms with van der Waals surface area (Å²) in [4.78, 5) is 5.29. The van der Waals surface area contributed by atoms with Gasteiger partial charge in [0.15, 0.2) is 0 Å². The van der Waals surface area contributed by atoms with E-state index in [-0.39, 0.29) is 0 Å². The minimum atomic E-state index is 0.542. The largest absolute Gasteiger partial charge is 0.381 e. The van der Waals surface area contributed by atoms with Gasteiger partial charge >= 0.3 is 0 Å². The van der Waals surface area contributed by atoms with E-state index >= 15 is 0 Å². The molecular formula is C18H36N2O. The summed E-state index contributed by atoms with van der Waals surface area (Å²) in [7, 11) is 1.87. The molecule has 1 saturated carbocycles. The zero-order chi connectivity index (χ0) is 15.2. The highest BCUT2D eigenvalue weighted by molar-refractivity contribution is 4.78. The van der Waals surface area contributed by atoms with Gasteiger partial charge in [-0.1, -0.05) is 6.92 Å². The van der Waals surface area contributed by atoms with E-state index in [4.69, 9.17) is 4.74 Å². The van der Waals surface area contributed by atoms with Gasteiger partial charge in [-0.05, 0) is 57.8 Å². The Labute approximate surface area is 132 Å². The van der Waals surface area contributed by atoms with Gasteiger partial charge in [0.1, 0.15) is 0 Å². The second-order valence-corrected chi connectivity index (χ2v) is 7.65. The molecule has 124 valence electrons. The number of rotatable bonds is 6. The minimum Gasteiger partial charge on any atom is -0.381 e. The standard InChI is InChI=1S/C18H36N2O/c1-15(2)20-11-9-19(10-12-20)14-16(3)13-17-5-7-18(21-4)8-6-17/h15-18H,5-14H2,1-4H3/t16-,17?,18?/m1/s1. The Bertz CT molecular complexity index is 279. The SMILES string of the molecule is COC1CCC(C[C@@H](C)CN2CCN(C(C)C)CC2)CC1. The summed E-state index contributed by atoms with van der Waals surface area (Å²) in [5.41, 5.74) is 0. The Morgan fingerprint density at radius 2 is 1.57 bits per heavy atom. The topological polar surface area (TPSA) is 15.7 Å². The molecule has 0 bridgehead atoms. The summed E-state index contributed by atoms with van der Waals surface area (Å²) < 4.78 is 5.48. The number of hydrogen-bond donors (Lipinski definition) is 0. The van der Waals surface area contributed by atoms with Gasteiger partial charge in [-0.2, -0.15) is 0 Å². The van der Waals surface area contributed by atoms with Crippen LogP contribution in [0.15, 0.2) is 0 Å². The molecule has 0 aromatic carbocycles. The Hall–Kier alpha value is -0.120. The average Bonchev–Trinajstić information content (AvgIpc) is 2.48. The Kier molecular flexibility index (Phi) is 6.97. The Morgan fingerprint density at radius 3 is 2.10 bits per heavy atom. The first kappa shape index (κ1) is 17.2. The van der Waals surface area contributed by atoms with Crippen LogP contribution in [0.4, 0.5) is 0 Å². The first-order valence-corrected chi connectivity index (χ1v) is 9.07. The molecule has 2 fully saturated rings. The number of hydrogen-bond acceptors (Lipinski definition) is 3.